The Balaban J connectivity index is 1.66. The van der Waals surface area contributed by atoms with Crippen LogP contribution in [0.2, 0.25) is 5.02 Å². The largest absolute Gasteiger partial charge is 0.323 e. The molecule has 5 rings (SSSR count). The zero-order valence-electron chi connectivity index (χ0n) is 13.3. The van der Waals surface area contributed by atoms with Crippen LogP contribution in [0.1, 0.15) is 0 Å². The molecule has 5 aromatic rings. The number of hydrogen-bond donors (Lipinski definition) is 2. The SMILES string of the molecule is O=c1cc(-c2ccc3[nH]ncc3c2)[nH]c2nc(-c3ccc(Cl)cc3)nn12. The third-order valence-electron chi connectivity index (χ3n) is 4.18. The van der Waals surface area contributed by atoms with Crippen LogP contribution in [0.15, 0.2) is 59.5 Å². The van der Waals surface area contributed by atoms with Crippen molar-refractivity contribution in [2.75, 3.05) is 0 Å². The maximum atomic E-state index is 12.5. The van der Waals surface area contributed by atoms with Crippen molar-refractivity contribution in [3.63, 3.8) is 0 Å². The molecule has 0 saturated heterocycles. The highest BCUT2D eigenvalue weighted by molar-refractivity contribution is 6.30. The van der Waals surface area contributed by atoms with Crippen LogP contribution < -0.4 is 5.56 Å². The van der Waals surface area contributed by atoms with Crippen LogP contribution in [0.3, 0.4) is 0 Å². The van der Waals surface area contributed by atoms with Gasteiger partial charge in [0.25, 0.3) is 5.56 Å². The Bertz CT molecular complexity index is 1320. The zero-order valence-corrected chi connectivity index (χ0v) is 14.0. The van der Waals surface area contributed by atoms with Crippen LogP contribution in [0.4, 0.5) is 0 Å². The predicted octanol–water partition coefficient (Wildman–Crippen LogP) is 3.28. The van der Waals surface area contributed by atoms with Crippen molar-refractivity contribution >= 4 is 28.3 Å². The lowest BCUT2D eigenvalue weighted by molar-refractivity contribution is 0.904. The van der Waals surface area contributed by atoms with Gasteiger partial charge in [0.1, 0.15) is 0 Å². The fourth-order valence-electron chi connectivity index (χ4n) is 2.87. The molecule has 0 fully saturated rings. The number of aromatic amines is 2. The summed E-state index contributed by atoms with van der Waals surface area (Å²) in [6, 6.07) is 14.4. The van der Waals surface area contributed by atoms with Gasteiger partial charge in [-0.25, -0.2) is 0 Å². The predicted molar refractivity (Wildman–Crippen MR) is 99.1 cm³/mol. The Hall–Kier alpha value is -3.45. The van der Waals surface area contributed by atoms with Gasteiger partial charge in [-0.1, -0.05) is 17.7 Å². The summed E-state index contributed by atoms with van der Waals surface area (Å²) < 4.78 is 1.25. The van der Waals surface area contributed by atoms with E-state index in [2.05, 4.69) is 25.3 Å². The normalized spacial score (nSPS) is 11.4. The Morgan fingerprint density at radius 2 is 1.81 bits per heavy atom. The first kappa shape index (κ1) is 14.9. The number of rotatable bonds is 2. The van der Waals surface area contributed by atoms with Crippen molar-refractivity contribution in [2.24, 2.45) is 0 Å². The van der Waals surface area contributed by atoms with Crippen LogP contribution in [0.25, 0.3) is 39.3 Å². The Kier molecular flexibility index (Phi) is 3.16. The number of H-pyrrole nitrogens is 2. The summed E-state index contributed by atoms with van der Waals surface area (Å²) in [5.74, 6) is 0.835. The van der Waals surface area contributed by atoms with E-state index < -0.39 is 0 Å². The number of nitrogens with one attached hydrogen (secondary N) is 2. The molecule has 2 aromatic carbocycles. The summed E-state index contributed by atoms with van der Waals surface area (Å²) in [5, 5.41) is 12.8. The van der Waals surface area contributed by atoms with Gasteiger partial charge in [-0.3, -0.25) is 9.89 Å². The monoisotopic (exact) mass is 362 g/mol. The van der Waals surface area contributed by atoms with Crippen LogP contribution in [0.5, 0.6) is 0 Å². The van der Waals surface area contributed by atoms with E-state index in [1.807, 2.05) is 30.3 Å². The minimum absolute atomic E-state index is 0.256. The Morgan fingerprint density at radius 1 is 1.00 bits per heavy atom. The number of fused-ring (bicyclic) bond motifs is 2. The summed E-state index contributed by atoms with van der Waals surface area (Å²) in [4.78, 5) is 20.1. The first-order valence-corrected chi connectivity index (χ1v) is 8.25. The molecule has 0 aliphatic rings. The second-order valence-corrected chi connectivity index (χ2v) is 6.31. The molecule has 8 heteroatoms. The zero-order chi connectivity index (χ0) is 17.7. The molecule has 26 heavy (non-hydrogen) atoms. The van der Waals surface area contributed by atoms with Gasteiger partial charge in [0.05, 0.1) is 17.4 Å². The van der Waals surface area contributed by atoms with E-state index in [4.69, 9.17) is 11.6 Å². The number of aromatic nitrogens is 6. The van der Waals surface area contributed by atoms with Crippen molar-refractivity contribution in [2.45, 2.75) is 0 Å². The van der Waals surface area contributed by atoms with E-state index in [0.29, 0.717) is 22.3 Å². The summed E-state index contributed by atoms with van der Waals surface area (Å²) in [6.45, 7) is 0. The van der Waals surface area contributed by atoms with Crippen LogP contribution in [-0.4, -0.2) is 29.8 Å². The Morgan fingerprint density at radius 3 is 2.65 bits per heavy atom. The fraction of sp³-hybridized carbons (Fsp3) is 0. The maximum Gasteiger partial charge on any atom is 0.276 e. The standard InChI is InChI=1S/C18H11ClN6O/c19-13-4-1-10(2-5-13)17-22-18-21-15(8-16(26)25(18)24-17)11-3-6-14-12(7-11)9-20-23-14/h1-9H,(H,20,23)(H,21,22,24). The van der Waals surface area contributed by atoms with Gasteiger partial charge in [-0.2, -0.15) is 14.6 Å². The summed E-state index contributed by atoms with van der Waals surface area (Å²) in [7, 11) is 0. The maximum absolute atomic E-state index is 12.5. The molecule has 3 aromatic heterocycles. The molecule has 0 amide bonds. The first-order chi connectivity index (χ1) is 12.7. The van der Waals surface area contributed by atoms with Crippen LogP contribution in [-0.2, 0) is 0 Å². The lowest BCUT2D eigenvalue weighted by atomic mass is 10.1. The van der Waals surface area contributed by atoms with Gasteiger partial charge in [-0.05, 0) is 42.0 Å². The third kappa shape index (κ3) is 2.37. The lowest BCUT2D eigenvalue weighted by Crippen LogP contribution is -2.14. The molecule has 2 N–H and O–H groups in total. The molecule has 7 nitrogen and oxygen atoms in total. The van der Waals surface area contributed by atoms with E-state index in [1.165, 1.54) is 10.6 Å². The van der Waals surface area contributed by atoms with E-state index in [9.17, 15) is 4.79 Å². The highest BCUT2D eigenvalue weighted by Crippen LogP contribution is 2.22. The molecule has 3 heterocycles. The van der Waals surface area contributed by atoms with Gasteiger partial charge in [0.15, 0.2) is 5.82 Å². The minimum Gasteiger partial charge on any atom is -0.323 e. The fourth-order valence-corrected chi connectivity index (χ4v) is 3.00. The van der Waals surface area contributed by atoms with Gasteiger partial charge in [0, 0.05) is 22.0 Å². The van der Waals surface area contributed by atoms with Crippen LogP contribution >= 0.6 is 11.6 Å². The lowest BCUT2D eigenvalue weighted by Gasteiger charge is -2.02. The molecule has 0 unspecified atom stereocenters. The summed E-state index contributed by atoms with van der Waals surface area (Å²) >= 11 is 5.92. The number of halogens is 1. The second kappa shape index (κ2) is 5.53. The molecule has 0 spiro atoms. The highest BCUT2D eigenvalue weighted by atomic mass is 35.5. The molecule has 0 bridgehead atoms. The molecular weight excluding hydrogens is 352 g/mol. The number of benzene rings is 2. The number of hydrogen-bond acceptors (Lipinski definition) is 4. The minimum atomic E-state index is -0.256. The Labute approximate surface area is 151 Å². The highest BCUT2D eigenvalue weighted by Gasteiger charge is 2.11. The molecule has 0 aliphatic heterocycles. The van der Waals surface area contributed by atoms with Crippen molar-refractivity contribution in [1.29, 1.82) is 0 Å². The van der Waals surface area contributed by atoms with Crippen LogP contribution in [0, 0.1) is 0 Å². The summed E-state index contributed by atoms with van der Waals surface area (Å²) in [6.07, 6.45) is 1.74. The van der Waals surface area contributed by atoms with Crippen molar-refractivity contribution in [1.82, 2.24) is 29.8 Å². The van der Waals surface area contributed by atoms with Gasteiger partial charge >= 0.3 is 0 Å². The second-order valence-electron chi connectivity index (χ2n) is 5.87. The number of nitrogens with zero attached hydrogens (tertiary/aromatic N) is 4. The van der Waals surface area contributed by atoms with Crippen molar-refractivity contribution in [3.8, 4) is 22.6 Å². The van der Waals surface area contributed by atoms with Gasteiger partial charge < -0.3 is 4.98 Å². The van der Waals surface area contributed by atoms with Gasteiger partial charge in [0.2, 0.25) is 5.78 Å². The molecule has 126 valence electrons. The van der Waals surface area contributed by atoms with Gasteiger partial charge in [-0.15, -0.1) is 5.10 Å². The quantitative estimate of drug-likeness (QED) is 0.504. The molecule has 0 radical (unpaired) electrons. The third-order valence-corrected chi connectivity index (χ3v) is 4.44. The molecule has 0 saturated carbocycles. The van der Waals surface area contributed by atoms with E-state index in [1.54, 1.807) is 18.3 Å². The first-order valence-electron chi connectivity index (χ1n) is 7.87. The van der Waals surface area contributed by atoms with Crippen molar-refractivity contribution in [3.05, 3.63) is 70.1 Å². The van der Waals surface area contributed by atoms with E-state index in [-0.39, 0.29) is 5.56 Å². The smallest absolute Gasteiger partial charge is 0.276 e. The van der Waals surface area contributed by atoms with E-state index in [0.717, 1.165) is 22.0 Å². The summed E-state index contributed by atoms with van der Waals surface area (Å²) in [5.41, 5.74) is 3.00. The molecule has 0 aliphatic carbocycles. The van der Waals surface area contributed by atoms with Crippen molar-refractivity contribution < 1.29 is 0 Å². The molecule has 0 atom stereocenters. The molecular formula is C18H11ClN6O. The van der Waals surface area contributed by atoms with E-state index >= 15 is 0 Å². The topological polar surface area (TPSA) is 91.7 Å². The average molecular weight is 363 g/mol. The average Bonchev–Trinajstić information content (AvgIpc) is 3.28.